The molecule has 3 aromatic carbocycles. The molecule has 9 heteroatoms. The molecule has 0 aliphatic carbocycles. The molecule has 0 unspecified atom stereocenters. The summed E-state index contributed by atoms with van der Waals surface area (Å²) in [6, 6.07) is 25.7. The number of nitro benzene ring substituents is 1. The summed E-state index contributed by atoms with van der Waals surface area (Å²) in [5, 5.41) is 14.4. The fraction of sp³-hybridized carbons (Fsp3) is 0.185. The summed E-state index contributed by atoms with van der Waals surface area (Å²) >= 11 is 0. The molecule has 0 bridgehead atoms. The second-order valence-corrected chi connectivity index (χ2v) is 8.45. The zero-order chi connectivity index (χ0) is 24.9. The van der Waals surface area contributed by atoms with E-state index in [1.165, 1.54) is 30.0 Å². The number of carbonyl (C=O) groups is 1. The first-order chi connectivity index (χ1) is 17.6. The van der Waals surface area contributed by atoms with Gasteiger partial charge in [-0.3, -0.25) is 14.9 Å². The predicted octanol–water partition coefficient (Wildman–Crippen LogP) is 4.49. The Morgan fingerprint density at radius 2 is 1.61 bits per heavy atom. The van der Waals surface area contributed by atoms with Crippen molar-refractivity contribution in [3.8, 4) is 5.75 Å². The highest BCUT2D eigenvalue weighted by Gasteiger charge is 2.19. The van der Waals surface area contributed by atoms with Gasteiger partial charge in [-0.1, -0.05) is 30.3 Å². The van der Waals surface area contributed by atoms with E-state index in [1.807, 2.05) is 30.3 Å². The molecule has 36 heavy (non-hydrogen) atoms. The van der Waals surface area contributed by atoms with Gasteiger partial charge in [-0.2, -0.15) is 0 Å². The van der Waals surface area contributed by atoms with Gasteiger partial charge in [-0.15, -0.1) is 0 Å². The first kappa shape index (κ1) is 23.1. The van der Waals surface area contributed by atoms with E-state index >= 15 is 0 Å². The van der Waals surface area contributed by atoms with Crippen LogP contribution in [0.1, 0.15) is 0 Å². The molecule has 1 aliphatic heterocycles. The van der Waals surface area contributed by atoms with Gasteiger partial charge in [0.2, 0.25) is 0 Å². The Morgan fingerprint density at radius 1 is 0.889 bits per heavy atom. The third kappa shape index (κ3) is 5.20. The summed E-state index contributed by atoms with van der Waals surface area (Å²) in [5.41, 5.74) is 2.35. The van der Waals surface area contributed by atoms with Gasteiger partial charge in [-0.25, -0.2) is 4.98 Å². The molecule has 1 saturated heterocycles. The normalized spacial score (nSPS) is 13.4. The van der Waals surface area contributed by atoms with Crippen LogP contribution in [0.5, 0.6) is 5.75 Å². The zero-order valence-corrected chi connectivity index (χ0v) is 19.5. The Balaban J connectivity index is 1.24. The number of non-ortho nitro benzene ring substituents is 1. The van der Waals surface area contributed by atoms with E-state index in [0.717, 1.165) is 37.4 Å². The van der Waals surface area contributed by atoms with Crippen molar-refractivity contribution in [3.63, 3.8) is 0 Å². The van der Waals surface area contributed by atoms with Crippen molar-refractivity contribution in [2.24, 2.45) is 0 Å². The van der Waals surface area contributed by atoms with Gasteiger partial charge in [0.15, 0.2) is 6.61 Å². The predicted molar refractivity (Wildman–Crippen MR) is 140 cm³/mol. The maximum Gasteiger partial charge on any atom is 0.269 e. The van der Waals surface area contributed by atoms with Crippen molar-refractivity contribution in [1.29, 1.82) is 0 Å². The van der Waals surface area contributed by atoms with Crippen LogP contribution in [0, 0.1) is 10.1 Å². The van der Waals surface area contributed by atoms with Crippen LogP contribution in [0.2, 0.25) is 0 Å². The average Bonchev–Trinajstić information content (AvgIpc) is 2.92. The molecule has 4 aromatic rings. The van der Waals surface area contributed by atoms with Crippen LogP contribution in [-0.2, 0) is 4.79 Å². The van der Waals surface area contributed by atoms with Crippen molar-refractivity contribution in [2.75, 3.05) is 47.9 Å². The molecule has 1 aromatic heterocycles. The molecule has 1 fully saturated rings. The molecule has 0 spiro atoms. The number of hydrogen-bond donors (Lipinski definition) is 1. The number of nitro groups is 1. The Labute approximate surface area is 208 Å². The minimum absolute atomic E-state index is 0.0386. The molecule has 182 valence electrons. The third-order valence-corrected chi connectivity index (χ3v) is 6.11. The third-order valence-electron chi connectivity index (χ3n) is 6.11. The van der Waals surface area contributed by atoms with Gasteiger partial charge in [0, 0.05) is 55.1 Å². The fourth-order valence-corrected chi connectivity index (χ4v) is 4.24. The van der Waals surface area contributed by atoms with Crippen LogP contribution in [0.3, 0.4) is 0 Å². The Hall–Kier alpha value is -4.66. The van der Waals surface area contributed by atoms with E-state index in [2.05, 4.69) is 39.4 Å². The molecule has 0 radical (unpaired) electrons. The van der Waals surface area contributed by atoms with Crippen molar-refractivity contribution < 1.29 is 14.5 Å². The highest BCUT2D eigenvalue weighted by atomic mass is 16.6. The molecule has 9 nitrogen and oxygen atoms in total. The second kappa shape index (κ2) is 10.3. The maximum atomic E-state index is 12.4. The minimum atomic E-state index is -0.486. The van der Waals surface area contributed by atoms with Crippen molar-refractivity contribution in [2.45, 2.75) is 0 Å². The van der Waals surface area contributed by atoms with Crippen molar-refractivity contribution in [1.82, 2.24) is 4.98 Å². The van der Waals surface area contributed by atoms with Gasteiger partial charge < -0.3 is 19.9 Å². The summed E-state index contributed by atoms with van der Waals surface area (Å²) < 4.78 is 5.82. The number of piperazine rings is 1. The summed E-state index contributed by atoms with van der Waals surface area (Å²) in [6.07, 6.45) is 0. The number of nitrogens with zero attached hydrogens (tertiary/aromatic N) is 4. The zero-order valence-electron chi connectivity index (χ0n) is 19.5. The quantitative estimate of drug-likeness (QED) is 0.305. The van der Waals surface area contributed by atoms with E-state index in [0.29, 0.717) is 17.0 Å². The van der Waals surface area contributed by atoms with Gasteiger partial charge in [0.25, 0.3) is 11.6 Å². The second-order valence-electron chi connectivity index (χ2n) is 8.45. The smallest absolute Gasteiger partial charge is 0.269 e. The van der Waals surface area contributed by atoms with E-state index in [9.17, 15) is 14.9 Å². The largest absolute Gasteiger partial charge is 0.481 e. The summed E-state index contributed by atoms with van der Waals surface area (Å²) in [5.74, 6) is 1.03. The molecule has 1 aliphatic rings. The number of nitrogens with one attached hydrogen (secondary N) is 1. The first-order valence-corrected chi connectivity index (χ1v) is 11.7. The summed E-state index contributed by atoms with van der Waals surface area (Å²) in [7, 11) is 0. The molecule has 1 N–H and O–H groups in total. The van der Waals surface area contributed by atoms with Crippen LogP contribution in [-0.4, -0.2) is 48.6 Å². The van der Waals surface area contributed by atoms with Crippen molar-refractivity contribution >= 4 is 39.7 Å². The molecular weight excluding hydrogens is 458 g/mol. The molecule has 0 atom stereocenters. The lowest BCUT2D eigenvalue weighted by atomic mass is 10.2. The fourth-order valence-electron chi connectivity index (χ4n) is 4.24. The van der Waals surface area contributed by atoms with Crippen molar-refractivity contribution in [3.05, 3.63) is 95.0 Å². The van der Waals surface area contributed by atoms with Gasteiger partial charge >= 0.3 is 0 Å². The Morgan fingerprint density at radius 3 is 2.33 bits per heavy atom. The average molecular weight is 484 g/mol. The first-order valence-electron chi connectivity index (χ1n) is 11.7. The number of ether oxygens (including phenoxy) is 1. The van der Waals surface area contributed by atoms with Crippen LogP contribution in [0.4, 0.5) is 22.9 Å². The monoisotopic (exact) mass is 483 g/mol. The number of anilines is 3. The Kier molecular flexibility index (Phi) is 6.61. The number of benzene rings is 3. The number of hydrogen-bond acceptors (Lipinski definition) is 7. The van der Waals surface area contributed by atoms with Crippen LogP contribution < -0.4 is 19.9 Å². The minimum Gasteiger partial charge on any atom is -0.481 e. The van der Waals surface area contributed by atoms with Gasteiger partial charge in [0.1, 0.15) is 17.1 Å². The van der Waals surface area contributed by atoms with Gasteiger partial charge in [-0.05, 0) is 42.5 Å². The number of pyridine rings is 1. The Bertz CT molecular complexity index is 1370. The number of rotatable bonds is 7. The molecule has 1 amide bonds. The van der Waals surface area contributed by atoms with E-state index in [4.69, 9.17) is 9.72 Å². The van der Waals surface area contributed by atoms with E-state index < -0.39 is 4.92 Å². The highest BCUT2D eigenvalue weighted by molar-refractivity contribution is 5.92. The number of amides is 1. The topological polar surface area (TPSA) is 101 Å². The van der Waals surface area contributed by atoms with Gasteiger partial charge in [0.05, 0.1) is 4.92 Å². The molecule has 2 heterocycles. The van der Waals surface area contributed by atoms with E-state index in [1.54, 1.807) is 6.07 Å². The number of carbonyl (C=O) groups excluding carboxylic acids is 1. The van der Waals surface area contributed by atoms with E-state index in [-0.39, 0.29) is 18.2 Å². The number of aromatic nitrogens is 1. The SMILES string of the molecule is O=C(COc1cccc2ccc(N3CCN(c4ccccc4)CC3)nc12)Nc1ccc([N+](=O)[O-])cc1. The highest BCUT2D eigenvalue weighted by Crippen LogP contribution is 2.27. The lowest BCUT2D eigenvalue weighted by Crippen LogP contribution is -2.46. The maximum absolute atomic E-state index is 12.4. The van der Waals surface area contributed by atoms with Crippen LogP contribution >= 0.6 is 0 Å². The van der Waals surface area contributed by atoms with Crippen LogP contribution in [0.15, 0.2) is 84.9 Å². The summed E-state index contributed by atoms with van der Waals surface area (Å²) in [4.78, 5) is 32.2. The molecular formula is C27H25N5O4. The summed E-state index contributed by atoms with van der Waals surface area (Å²) in [6.45, 7) is 3.31. The lowest BCUT2D eigenvalue weighted by molar-refractivity contribution is -0.384. The molecule has 0 saturated carbocycles. The number of fused-ring (bicyclic) bond motifs is 1. The van der Waals surface area contributed by atoms with Crippen LogP contribution in [0.25, 0.3) is 10.9 Å². The molecule has 5 rings (SSSR count). The standard InChI is InChI=1S/C27H25N5O4/c33-26(28-21-10-12-23(13-11-21)32(34)35)19-36-24-8-4-5-20-9-14-25(29-27(20)24)31-17-15-30(16-18-31)22-6-2-1-3-7-22/h1-14H,15-19H2,(H,28,33). The number of para-hydroxylation sites is 2. The lowest BCUT2D eigenvalue weighted by Gasteiger charge is -2.36.